The molecule has 3 nitrogen and oxygen atoms in total. The van der Waals surface area contributed by atoms with Crippen LogP contribution in [0.25, 0.3) is 0 Å². The molecule has 1 N–H and O–H groups in total. The molecule has 3 heteroatoms. The number of hydrogen-bond acceptors (Lipinski definition) is 3. The highest BCUT2D eigenvalue weighted by Gasteiger charge is 2.21. The fourth-order valence-corrected chi connectivity index (χ4v) is 3.40. The van der Waals surface area contributed by atoms with Crippen molar-refractivity contribution in [2.45, 2.75) is 45.1 Å². The third kappa shape index (κ3) is 3.09. The van der Waals surface area contributed by atoms with Gasteiger partial charge in [-0.15, -0.1) is 0 Å². The third-order valence-corrected chi connectivity index (χ3v) is 4.61. The zero-order valence-corrected chi connectivity index (χ0v) is 12.5. The Hall–Kier alpha value is -1.22. The number of likely N-dealkylation sites (N-methyl/N-ethyl adjacent to an activating group) is 1. The Morgan fingerprint density at radius 3 is 3.15 bits per heavy atom. The fourth-order valence-electron chi connectivity index (χ4n) is 3.40. The van der Waals surface area contributed by atoms with E-state index in [2.05, 4.69) is 35.3 Å². The van der Waals surface area contributed by atoms with Gasteiger partial charge in [0.1, 0.15) is 12.4 Å². The molecule has 1 fully saturated rings. The Bertz CT molecular complexity index is 447. The smallest absolute Gasteiger partial charge is 0.119 e. The van der Waals surface area contributed by atoms with Crippen LogP contribution in [0.3, 0.4) is 0 Å². The highest BCUT2D eigenvalue weighted by Crippen LogP contribution is 2.27. The van der Waals surface area contributed by atoms with Crippen LogP contribution in [0, 0.1) is 0 Å². The number of nitrogens with zero attached hydrogens (tertiary/aromatic N) is 1. The summed E-state index contributed by atoms with van der Waals surface area (Å²) in [6.45, 7) is 6.56. The largest absolute Gasteiger partial charge is 0.492 e. The summed E-state index contributed by atoms with van der Waals surface area (Å²) in [5.74, 6) is 1.04. The molecule has 110 valence electrons. The maximum absolute atomic E-state index is 6.07. The van der Waals surface area contributed by atoms with Gasteiger partial charge in [-0.05, 0) is 62.5 Å². The first-order chi connectivity index (χ1) is 9.86. The van der Waals surface area contributed by atoms with E-state index in [1.807, 2.05) is 0 Å². The number of fused-ring (bicyclic) bond motifs is 1. The van der Waals surface area contributed by atoms with Gasteiger partial charge in [0.05, 0.1) is 0 Å². The average molecular weight is 274 g/mol. The fraction of sp³-hybridized carbons (Fsp3) is 0.647. The van der Waals surface area contributed by atoms with E-state index in [4.69, 9.17) is 4.74 Å². The van der Waals surface area contributed by atoms with Crippen molar-refractivity contribution in [3.8, 4) is 5.75 Å². The zero-order chi connectivity index (χ0) is 13.8. The van der Waals surface area contributed by atoms with Crippen LogP contribution in [0.5, 0.6) is 5.75 Å². The van der Waals surface area contributed by atoms with Gasteiger partial charge in [-0.1, -0.05) is 13.3 Å². The highest BCUT2D eigenvalue weighted by molar-refractivity contribution is 5.55. The Balaban J connectivity index is 1.60. The molecule has 0 amide bonds. The Morgan fingerprint density at radius 1 is 1.30 bits per heavy atom. The van der Waals surface area contributed by atoms with E-state index in [-0.39, 0.29) is 0 Å². The predicted molar refractivity (Wildman–Crippen MR) is 83.6 cm³/mol. The molecular weight excluding hydrogens is 248 g/mol. The van der Waals surface area contributed by atoms with Crippen LogP contribution >= 0.6 is 0 Å². The molecule has 0 radical (unpaired) electrons. The van der Waals surface area contributed by atoms with E-state index >= 15 is 0 Å². The van der Waals surface area contributed by atoms with Gasteiger partial charge in [0, 0.05) is 18.3 Å². The standard InChI is InChI=1S/C17H26N2O/c1-2-19-11-4-3-7-15(19)13-20-16-8-9-17-14(12-16)6-5-10-18-17/h8-9,12,15,18H,2-7,10-11,13H2,1H3. The van der Waals surface area contributed by atoms with Gasteiger partial charge in [0.25, 0.3) is 0 Å². The van der Waals surface area contributed by atoms with E-state index < -0.39 is 0 Å². The predicted octanol–water partition coefficient (Wildman–Crippen LogP) is 3.30. The van der Waals surface area contributed by atoms with Gasteiger partial charge in [0.15, 0.2) is 0 Å². The van der Waals surface area contributed by atoms with Crippen LogP contribution < -0.4 is 10.1 Å². The summed E-state index contributed by atoms with van der Waals surface area (Å²) in [6, 6.07) is 7.10. The van der Waals surface area contributed by atoms with E-state index in [1.165, 1.54) is 49.9 Å². The number of nitrogens with one attached hydrogen (secondary N) is 1. The lowest BCUT2D eigenvalue weighted by Gasteiger charge is -2.34. The van der Waals surface area contributed by atoms with Crippen LogP contribution in [-0.4, -0.2) is 37.2 Å². The quantitative estimate of drug-likeness (QED) is 0.911. The van der Waals surface area contributed by atoms with Crippen molar-refractivity contribution in [1.29, 1.82) is 0 Å². The molecule has 0 aliphatic carbocycles. The molecule has 2 aliphatic heterocycles. The maximum Gasteiger partial charge on any atom is 0.119 e. The molecule has 20 heavy (non-hydrogen) atoms. The van der Waals surface area contributed by atoms with Gasteiger partial charge < -0.3 is 10.1 Å². The lowest BCUT2D eigenvalue weighted by molar-refractivity contribution is 0.105. The molecule has 1 unspecified atom stereocenters. The zero-order valence-electron chi connectivity index (χ0n) is 12.5. The minimum Gasteiger partial charge on any atom is -0.492 e. The molecule has 1 aromatic carbocycles. The van der Waals surface area contributed by atoms with Crippen molar-refractivity contribution in [3.05, 3.63) is 23.8 Å². The van der Waals surface area contributed by atoms with Crippen molar-refractivity contribution >= 4 is 5.69 Å². The number of aryl methyl sites for hydroxylation is 1. The SMILES string of the molecule is CCN1CCCCC1COc1ccc2c(c1)CCCN2. The van der Waals surface area contributed by atoms with E-state index in [9.17, 15) is 0 Å². The van der Waals surface area contributed by atoms with E-state index in [0.717, 1.165) is 25.4 Å². The topological polar surface area (TPSA) is 24.5 Å². The highest BCUT2D eigenvalue weighted by atomic mass is 16.5. The normalized spacial score (nSPS) is 22.9. The molecule has 0 spiro atoms. The summed E-state index contributed by atoms with van der Waals surface area (Å²) in [5, 5.41) is 3.45. The van der Waals surface area contributed by atoms with Gasteiger partial charge in [-0.2, -0.15) is 0 Å². The van der Waals surface area contributed by atoms with Crippen LogP contribution in [0.15, 0.2) is 18.2 Å². The maximum atomic E-state index is 6.07. The molecule has 2 heterocycles. The van der Waals surface area contributed by atoms with Crippen LogP contribution in [0.2, 0.25) is 0 Å². The van der Waals surface area contributed by atoms with E-state index in [1.54, 1.807) is 0 Å². The van der Waals surface area contributed by atoms with Crippen molar-refractivity contribution in [2.75, 3.05) is 31.6 Å². The molecular formula is C17H26N2O. The van der Waals surface area contributed by atoms with Crippen molar-refractivity contribution in [2.24, 2.45) is 0 Å². The summed E-state index contributed by atoms with van der Waals surface area (Å²) in [5.41, 5.74) is 2.70. The lowest BCUT2D eigenvalue weighted by atomic mass is 10.0. The summed E-state index contributed by atoms with van der Waals surface area (Å²) < 4.78 is 6.07. The third-order valence-electron chi connectivity index (χ3n) is 4.61. The summed E-state index contributed by atoms with van der Waals surface area (Å²) in [7, 11) is 0. The van der Waals surface area contributed by atoms with Gasteiger partial charge in [-0.3, -0.25) is 4.90 Å². The van der Waals surface area contributed by atoms with Gasteiger partial charge >= 0.3 is 0 Å². The van der Waals surface area contributed by atoms with Crippen LogP contribution in [0.4, 0.5) is 5.69 Å². The Kier molecular flexibility index (Phi) is 4.46. The lowest BCUT2D eigenvalue weighted by Crippen LogP contribution is -2.42. The van der Waals surface area contributed by atoms with Crippen molar-refractivity contribution < 1.29 is 4.74 Å². The second-order valence-corrected chi connectivity index (χ2v) is 5.94. The first kappa shape index (κ1) is 13.7. The second-order valence-electron chi connectivity index (χ2n) is 5.94. The summed E-state index contributed by atoms with van der Waals surface area (Å²) in [6.07, 6.45) is 6.36. The van der Waals surface area contributed by atoms with E-state index in [0.29, 0.717) is 6.04 Å². The average Bonchev–Trinajstić information content (AvgIpc) is 2.53. The summed E-state index contributed by atoms with van der Waals surface area (Å²) in [4.78, 5) is 2.56. The first-order valence-electron chi connectivity index (χ1n) is 8.10. The van der Waals surface area contributed by atoms with Crippen molar-refractivity contribution in [3.63, 3.8) is 0 Å². The Morgan fingerprint density at radius 2 is 2.25 bits per heavy atom. The van der Waals surface area contributed by atoms with Gasteiger partial charge in [0.2, 0.25) is 0 Å². The molecule has 0 saturated carbocycles. The number of rotatable bonds is 4. The number of likely N-dealkylation sites (tertiary alicyclic amines) is 1. The molecule has 0 aromatic heterocycles. The minimum absolute atomic E-state index is 0.600. The minimum atomic E-state index is 0.600. The molecule has 1 atom stereocenters. The number of piperidine rings is 1. The number of anilines is 1. The van der Waals surface area contributed by atoms with Crippen molar-refractivity contribution in [1.82, 2.24) is 4.90 Å². The van der Waals surface area contributed by atoms with Crippen LogP contribution in [-0.2, 0) is 6.42 Å². The number of hydrogen-bond donors (Lipinski definition) is 1. The monoisotopic (exact) mass is 274 g/mol. The molecule has 1 saturated heterocycles. The number of ether oxygens (including phenoxy) is 1. The molecule has 2 aliphatic rings. The Labute approximate surface area is 122 Å². The molecule has 1 aromatic rings. The molecule has 3 rings (SSSR count). The van der Waals surface area contributed by atoms with Gasteiger partial charge in [-0.25, -0.2) is 0 Å². The summed E-state index contributed by atoms with van der Waals surface area (Å²) >= 11 is 0. The second kappa shape index (κ2) is 6.49. The number of benzene rings is 1. The molecule has 0 bridgehead atoms. The van der Waals surface area contributed by atoms with Crippen LogP contribution in [0.1, 0.15) is 38.2 Å². The first-order valence-corrected chi connectivity index (χ1v) is 8.10.